The van der Waals surface area contributed by atoms with Crippen molar-refractivity contribution in [3.63, 3.8) is 0 Å². The third-order valence-corrected chi connectivity index (χ3v) is 3.69. The fourth-order valence-electron chi connectivity index (χ4n) is 2.36. The highest BCUT2D eigenvalue weighted by Crippen LogP contribution is 2.16. The molecule has 0 fully saturated rings. The van der Waals surface area contributed by atoms with Gasteiger partial charge in [0.1, 0.15) is 5.69 Å². The van der Waals surface area contributed by atoms with Crippen LogP contribution in [0.4, 0.5) is 0 Å². The molecule has 1 amide bonds. The standard InChI is InChI=1S/C16H25N5O2/c1-12(2)14-8-15(20(4)18-14)16(22)21(6-7-23-5)11-13-9-17-19(3)10-13/h8-10,12H,6-7,11H2,1-5H3. The maximum atomic E-state index is 12.9. The minimum absolute atomic E-state index is 0.0483. The van der Waals surface area contributed by atoms with E-state index in [0.29, 0.717) is 25.4 Å². The molecule has 0 spiro atoms. The lowest BCUT2D eigenvalue weighted by Gasteiger charge is -2.21. The molecule has 0 aliphatic heterocycles. The van der Waals surface area contributed by atoms with Crippen molar-refractivity contribution < 1.29 is 9.53 Å². The van der Waals surface area contributed by atoms with E-state index in [1.807, 2.05) is 19.3 Å². The van der Waals surface area contributed by atoms with E-state index in [0.717, 1.165) is 11.3 Å². The number of rotatable bonds is 7. The Labute approximate surface area is 136 Å². The van der Waals surface area contributed by atoms with E-state index in [9.17, 15) is 4.79 Å². The fraction of sp³-hybridized carbons (Fsp3) is 0.562. The van der Waals surface area contributed by atoms with Crippen molar-refractivity contribution in [1.82, 2.24) is 24.5 Å². The number of nitrogens with zero attached hydrogens (tertiary/aromatic N) is 5. The first-order chi connectivity index (χ1) is 10.9. The van der Waals surface area contributed by atoms with Crippen molar-refractivity contribution in [2.24, 2.45) is 14.1 Å². The molecule has 2 heterocycles. The molecule has 0 aromatic carbocycles. The smallest absolute Gasteiger partial charge is 0.272 e. The summed E-state index contributed by atoms with van der Waals surface area (Å²) in [6, 6.07) is 1.87. The van der Waals surface area contributed by atoms with Crippen LogP contribution in [0, 0.1) is 0 Å². The normalized spacial score (nSPS) is 11.2. The van der Waals surface area contributed by atoms with Crippen LogP contribution in [0.2, 0.25) is 0 Å². The fourth-order valence-corrected chi connectivity index (χ4v) is 2.36. The lowest BCUT2D eigenvalue weighted by atomic mass is 10.1. The van der Waals surface area contributed by atoms with Gasteiger partial charge in [-0.2, -0.15) is 10.2 Å². The SMILES string of the molecule is COCCN(Cc1cnn(C)c1)C(=O)c1cc(C(C)C)nn1C. The Morgan fingerprint density at radius 1 is 1.39 bits per heavy atom. The minimum Gasteiger partial charge on any atom is -0.383 e. The highest BCUT2D eigenvalue weighted by molar-refractivity contribution is 5.92. The van der Waals surface area contributed by atoms with Gasteiger partial charge < -0.3 is 9.64 Å². The van der Waals surface area contributed by atoms with Gasteiger partial charge in [-0.1, -0.05) is 13.8 Å². The average Bonchev–Trinajstić information content (AvgIpc) is 3.08. The van der Waals surface area contributed by atoms with E-state index in [1.165, 1.54) is 0 Å². The summed E-state index contributed by atoms with van der Waals surface area (Å²) in [6.45, 7) is 5.63. The van der Waals surface area contributed by atoms with E-state index in [-0.39, 0.29) is 11.8 Å². The Morgan fingerprint density at radius 3 is 2.65 bits per heavy atom. The molecule has 0 bridgehead atoms. The second kappa shape index (κ2) is 7.41. The molecule has 0 saturated heterocycles. The molecule has 2 aromatic rings. The number of aryl methyl sites for hydroxylation is 2. The summed E-state index contributed by atoms with van der Waals surface area (Å²) < 4.78 is 8.52. The van der Waals surface area contributed by atoms with Gasteiger partial charge in [-0.05, 0) is 12.0 Å². The maximum Gasteiger partial charge on any atom is 0.272 e. The van der Waals surface area contributed by atoms with E-state index in [1.54, 1.807) is 34.6 Å². The number of carbonyl (C=O) groups excluding carboxylic acids is 1. The summed E-state index contributed by atoms with van der Waals surface area (Å²) in [5.74, 6) is 0.237. The predicted molar refractivity (Wildman–Crippen MR) is 87.1 cm³/mol. The van der Waals surface area contributed by atoms with Crippen LogP contribution in [0.25, 0.3) is 0 Å². The quantitative estimate of drug-likeness (QED) is 0.777. The third-order valence-electron chi connectivity index (χ3n) is 3.69. The van der Waals surface area contributed by atoms with Gasteiger partial charge in [-0.15, -0.1) is 0 Å². The Morgan fingerprint density at radius 2 is 2.13 bits per heavy atom. The summed E-state index contributed by atoms with van der Waals surface area (Å²) in [4.78, 5) is 14.7. The number of ether oxygens (including phenoxy) is 1. The van der Waals surface area contributed by atoms with Crippen molar-refractivity contribution in [3.05, 3.63) is 35.4 Å². The number of hydrogen-bond acceptors (Lipinski definition) is 4. The zero-order valence-corrected chi connectivity index (χ0v) is 14.5. The van der Waals surface area contributed by atoms with Gasteiger partial charge in [0.25, 0.3) is 5.91 Å². The molecular formula is C16H25N5O2. The van der Waals surface area contributed by atoms with Crippen molar-refractivity contribution in [2.45, 2.75) is 26.3 Å². The predicted octanol–water partition coefficient (Wildman–Crippen LogP) is 1.57. The van der Waals surface area contributed by atoms with Gasteiger partial charge >= 0.3 is 0 Å². The Hall–Kier alpha value is -2.15. The minimum atomic E-state index is -0.0483. The van der Waals surface area contributed by atoms with Gasteiger partial charge in [0.15, 0.2) is 0 Å². The number of methoxy groups -OCH3 is 1. The van der Waals surface area contributed by atoms with Crippen molar-refractivity contribution in [3.8, 4) is 0 Å². The molecule has 0 unspecified atom stereocenters. The van der Waals surface area contributed by atoms with Crippen molar-refractivity contribution >= 4 is 5.91 Å². The second-order valence-electron chi connectivity index (χ2n) is 5.97. The van der Waals surface area contributed by atoms with Gasteiger partial charge in [0, 0.05) is 46.1 Å². The summed E-state index contributed by atoms with van der Waals surface area (Å²) in [5, 5.41) is 8.58. The van der Waals surface area contributed by atoms with Crippen molar-refractivity contribution in [1.29, 1.82) is 0 Å². The van der Waals surface area contributed by atoms with Crippen LogP contribution in [-0.2, 0) is 25.4 Å². The molecule has 2 rings (SSSR count). The molecule has 0 N–H and O–H groups in total. The first kappa shape index (κ1) is 17.2. The molecule has 0 radical (unpaired) electrons. The zero-order valence-electron chi connectivity index (χ0n) is 14.5. The number of aromatic nitrogens is 4. The number of amides is 1. The van der Waals surface area contributed by atoms with Gasteiger partial charge in [0.2, 0.25) is 0 Å². The van der Waals surface area contributed by atoms with E-state index in [2.05, 4.69) is 24.0 Å². The van der Waals surface area contributed by atoms with Crippen LogP contribution in [0.5, 0.6) is 0 Å². The maximum absolute atomic E-state index is 12.9. The molecule has 0 aliphatic carbocycles. The van der Waals surface area contributed by atoms with E-state index in [4.69, 9.17) is 4.74 Å². The zero-order chi connectivity index (χ0) is 17.0. The summed E-state index contributed by atoms with van der Waals surface area (Å²) in [5.41, 5.74) is 2.50. The Kier molecular flexibility index (Phi) is 5.54. The average molecular weight is 319 g/mol. The summed E-state index contributed by atoms with van der Waals surface area (Å²) >= 11 is 0. The molecule has 7 nitrogen and oxygen atoms in total. The van der Waals surface area contributed by atoms with Gasteiger partial charge in [-0.25, -0.2) is 0 Å². The van der Waals surface area contributed by atoms with Crippen LogP contribution >= 0.6 is 0 Å². The molecule has 126 valence electrons. The van der Waals surface area contributed by atoms with Crippen LogP contribution in [0.15, 0.2) is 18.5 Å². The lowest BCUT2D eigenvalue weighted by Crippen LogP contribution is -2.34. The van der Waals surface area contributed by atoms with Crippen LogP contribution < -0.4 is 0 Å². The molecule has 2 aromatic heterocycles. The molecule has 0 aliphatic rings. The molecular weight excluding hydrogens is 294 g/mol. The van der Waals surface area contributed by atoms with Crippen LogP contribution in [-0.4, -0.2) is 50.6 Å². The summed E-state index contributed by atoms with van der Waals surface area (Å²) in [6.07, 6.45) is 3.69. The number of carbonyl (C=O) groups is 1. The molecule has 23 heavy (non-hydrogen) atoms. The second-order valence-corrected chi connectivity index (χ2v) is 5.97. The Bertz CT molecular complexity index is 659. The van der Waals surface area contributed by atoms with Gasteiger partial charge in [0.05, 0.1) is 18.5 Å². The lowest BCUT2D eigenvalue weighted by molar-refractivity contribution is 0.0669. The molecule has 0 saturated carbocycles. The van der Waals surface area contributed by atoms with Crippen LogP contribution in [0.1, 0.15) is 41.5 Å². The highest BCUT2D eigenvalue weighted by atomic mass is 16.5. The largest absolute Gasteiger partial charge is 0.383 e. The highest BCUT2D eigenvalue weighted by Gasteiger charge is 2.21. The molecule has 0 atom stereocenters. The number of hydrogen-bond donors (Lipinski definition) is 0. The third kappa shape index (κ3) is 4.19. The summed E-state index contributed by atoms with van der Waals surface area (Å²) in [7, 11) is 5.30. The Balaban J connectivity index is 2.21. The van der Waals surface area contributed by atoms with Gasteiger partial charge in [-0.3, -0.25) is 14.2 Å². The molecule has 7 heteroatoms. The monoisotopic (exact) mass is 319 g/mol. The topological polar surface area (TPSA) is 65.2 Å². The first-order valence-electron chi connectivity index (χ1n) is 7.72. The van der Waals surface area contributed by atoms with Crippen LogP contribution in [0.3, 0.4) is 0 Å². The van der Waals surface area contributed by atoms with Crippen molar-refractivity contribution in [2.75, 3.05) is 20.3 Å². The first-order valence-corrected chi connectivity index (χ1v) is 7.72. The van der Waals surface area contributed by atoms with E-state index >= 15 is 0 Å². The van der Waals surface area contributed by atoms with E-state index < -0.39 is 0 Å².